The lowest BCUT2D eigenvalue weighted by Gasteiger charge is -2.15. The van der Waals surface area contributed by atoms with Crippen LogP contribution in [0.2, 0.25) is 5.02 Å². The Hall–Kier alpha value is -2.59. The van der Waals surface area contributed by atoms with Crippen molar-refractivity contribution in [3.8, 4) is 0 Å². The lowest BCUT2D eigenvalue weighted by molar-refractivity contribution is 0.896. The second-order valence-electron chi connectivity index (χ2n) is 5.97. The van der Waals surface area contributed by atoms with E-state index in [2.05, 4.69) is 34.3 Å². The van der Waals surface area contributed by atoms with Crippen LogP contribution in [0.1, 0.15) is 29.5 Å². The number of benzene rings is 2. The summed E-state index contributed by atoms with van der Waals surface area (Å²) in [5.41, 5.74) is 9.47. The first-order valence-corrected chi connectivity index (χ1v) is 8.67. The van der Waals surface area contributed by atoms with Crippen LogP contribution in [0.3, 0.4) is 0 Å². The first-order chi connectivity index (χ1) is 12.1. The van der Waals surface area contributed by atoms with Crippen molar-refractivity contribution in [3.05, 3.63) is 82.5 Å². The molecule has 5 heteroatoms. The van der Waals surface area contributed by atoms with Crippen LogP contribution in [-0.2, 0) is 6.42 Å². The maximum absolute atomic E-state index is 6.16. The minimum absolute atomic E-state index is 0.107. The smallest absolute Gasteiger partial charge is 0.224 e. The molecular formula is C20H21ClN4. The fraction of sp³-hybridized carbons (Fsp3) is 0.200. The average molecular weight is 353 g/mol. The summed E-state index contributed by atoms with van der Waals surface area (Å²) in [6.45, 7) is 2.84. The highest BCUT2D eigenvalue weighted by atomic mass is 35.5. The third kappa shape index (κ3) is 4.48. The SMILES string of the molecule is CC(c1ccc(Cl)cc1)c1cnc(NCCc2ccccc2)nc1N. The number of aromatic nitrogens is 2. The lowest BCUT2D eigenvalue weighted by atomic mass is 9.95. The van der Waals surface area contributed by atoms with E-state index in [9.17, 15) is 0 Å². The highest BCUT2D eigenvalue weighted by Crippen LogP contribution is 2.28. The van der Waals surface area contributed by atoms with Crippen molar-refractivity contribution in [3.63, 3.8) is 0 Å². The Bertz CT molecular complexity index is 819. The Labute approximate surface area is 153 Å². The maximum atomic E-state index is 6.16. The molecule has 0 aliphatic carbocycles. The second kappa shape index (κ2) is 7.99. The zero-order chi connectivity index (χ0) is 17.6. The molecule has 128 valence electrons. The summed E-state index contributed by atoms with van der Waals surface area (Å²) in [6, 6.07) is 18.1. The first-order valence-electron chi connectivity index (χ1n) is 8.29. The van der Waals surface area contributed by atoms with Gasteiger partial charge in [-0.15, -0.1) is 0 Å². The minimum atomic E-state index is 0.107. The molecule has 3 rings (SSSR count). The zero-order valence-corrected chi connectivity index (χ0v) is 14.9. The zero-order valence-electron chi connectivity index (χ0n) is 14.1. The molecule has 1 heterocycles. The predicted molar refractivity (Wildman–Crippen MR) is 104 cm³/mol. The number of halogens is 1. The molecule has 1 atom stereocenters. The summed E-state index contributed by atoms with van der Waals surface area (Å²) in [5, 5.41) is 3.95. The van der Waals surface area contributed by atoms with Gasteiger partial charge in [0, 0.05) is 29.2 Å². The van der Waals surface area contributed by atoms with Gasteiger partial charge in [0.25, 0.3) is 0 Å². The molecule has 0 radical (unpaired) electrons. The number of rotatable bonds is 6. The van der Waals surface area contributed by atoms with E-state index < -0.39 is 0 Å². The Kier molecular flexibility index (Phi) is 5.51. The van der Waals surface area contributed by atoms with Gasteiger partial charge in [0.1, 0.15) is 5.82 Å². The van der Waals surface area contributed by atoms with Crippen LogP contribution in [-0.4, -0.2) is 16.5 Å². The van der Waals surface area contributed by atoms with E-state index >= 15 is 0 Å². The molecule has 0 fully saturated rings. The third-order valence-electron chi connectivity index (χ3n) is 4.22. The molecule has 0 amide bonds. The molecule has 1 unspecified atom stereocenters. The van der Waals surface area contributed by atoms with Gasteiger partial charge in [-0.1, -0.05) is 61.0 Å². The van der Waals surface area contributed by atoms with Gasteiger partial charge >= 0.3 is 0 Å². The molecule has 0 saturated carbocycles. The summed E-state index contributed by atoms with van der Waals surface area (Å²) in [7, 11) is 0. The van der Waals surface area contributed by atoms with Gasteiger partial charge in [-0.25, -0.2) is 4.98 Å². The average Bonchev–Trinajstić information content (AvgIpc) is 2.63. The Balaban J connectivity index is 1.65. The number of hydrogen-bond acceptors (Lipinski definition) is 4. The molecule has 0 aliphatic rings. The molecule has 3 aromatic rings. The van der Waals surface area contributed by atoms with E-state index in [0.29, 0.717) is 11.8 Å². The topological polar surface area (TPSA) is 63.8 Å². The van der Waals surface area contributed by atoms with E-state index in [1.165, 1.54) is 5.56 Å². The van der Waals surface area contributed by atoms with Crippen molar-refractivity contribution in [2.24, 2.45) is 0 Å². The second-order valence-corrected chi connectivity index (χ2v) is 6.41. The highest BCUT2D eigenvalue weighted by molar-refractivity contribution is 6.30. The van der Waals surface area contributed by atoms with Gasteiger partial charge in [0.15, 0.2) is 0 Å². The van der Waals surface area contributed by atoms with E-state index in [1.807, 2.05) is 42.5 Å². The lowest BCUT2D eigenvalue weighted by Crippen LogP contribution is -2.11. The molecule has 2 aromatic carbocycles. The summed E-state index contributed by atoms with van der Waals surface area (Å²) >= 11 is 5.95. The van der Waals surface area contributed by atoms with E-state index in [0.717, 1.165) is 29.1 Å². The van der Waals surface area contributed by atoms with Crippen LogP contribution in [0.15, 0.2) is 60.8 Å². The van der Waals surface area contributed by atoms with Crippen LogP contribution in [0.5, 0.6) is 0 Å². The van der Waals surface area contributed by atoms with Gasteiger partial charge in [-0.2, -0.15) is 4.98 Å². The van der Waals surface area contributed by atoms with Gasteiger partial charge in [0.05, 0.1) is 0 Å². The van der Waals surface area contributed by atoms with Crippen molar-refractivity contribution in [1.29, 1.82) is 0 Å². The fourth-order valence-corrected chi connectivity index (χ4v) is 2.84. The van der Waals surface area contributed by atoms with Crippen LogP contribution in [0.4, 0.5) is 11.8 Å². The minimum Gasteiger partial charge on any atom is -0.383 e. The molecule has 0 bridgehead atoms. The standard InChI is InChI=1S/C20H21ClN4/c1-14(16-7-9-17(21)10-8-16)18-13-24-20(25-19(18)22)23-12-11-15-5-3-2-4-6-15/h2-10,13-14H,11-12H2,1H3,(H3,22,23,24,25). The normalized spacial score (nSPS) is 11.9. The van der Waals surface area contributed by atoms with Gasteiger partial charge in [-0.05, 0) is 29.7 Å². The first kappa shape index (κ1) is 17.2. The molecule has 0 aliphatic heterocycles. The predicted octanol–water partition coefficient (Wildman–Crippen LogP) is 4.52. The maximum Gasteiger partial charge on any atom is 0.224 e. The molecule has 0 saturated heterocycles. The summed E-state index contributed by atoms with van der Waals surface area (Å²) in [5.74, 6) is 1.16. The molecule has 4 nitrogen and oxygen atoms in total. The molecule has 25 heavy (non-hydrogen) atoms. The Morgan fingerprint density at radius 2 is 1.80 bits per heavy atom. The molecule has 0 spiro atoms. The van der Waals surface area contributed by atoms with Crippen molar-refractivity contribution in [1.82, 2.24) is 9.97 Å². The van der Waals surface area contributed by atoms with Crippen molar-refractivity contribution >= 4 is 23.4 Å². The van der Waals surface area contributed by atoms with Gasteiger partial charge < -0.3 is 11.1 Å². The molecular weight excluding hydrogens is 332 g/mol. The Morgan fingerprint density at radius 1 is 1.08 bits per heavy atom. The van der Waals surface area contributed by atoms with E-state index in [4.69, 9.17) is 17.3 Å². The van der Waals surface area contributed by atoms with Crippen LogP contribution in [0.25, 0.3) is 0 Å². The van der Waals surface area contributed by atoms with Crippen LogP contribution < -0.4 is 11.1 Å². The molecule has 1 aromatic heterocycles. The van der Waals surface area contributed by atoms with Crippen molar-refractivity contribution in [2.75, 3.05) is 17.6 Å². The Morgan fingerprint density at radius 3 is 2.48 bits per heavy atom. The number of anilines is 2. The van der Waals surface area contributed by atoms with Crippen molar-refractivity contribution < 1.29 is 0 Å². The summed E-state index contributed by atoms with van der Waals surface area (Å²) < 4.78 is 0. The van der Waals surface area contributed by atoms with Crippen molar-refractivity contribution in [2.45, 2.75) is 19.3 Å². The summed E-state index contributed by atoms with van der Waals surface area (Å²) in [4.78, 5) is 8.80. The number of nitrogens with two attached hydrogens (primary N) is 1. The van der Waals surface area contributed by atoms with E-state index in [-0.39, 0.29) is 5.92 Å². The quantitative estimate of drug-likeness (QED) is 0.684. The van der Waals surface area contributed by atoms with Gasteiger partial charge in [0.2, 0.25) is 5.95 Å². The molecule has 3 N–H and O–H groups in total. The fourth-order valence-electron chi connectivity index (χ4n) is 2.72. The largest absolute Gasteiger partial charge is 0.383 e. The third-order valence-corrected chi connectivity index (χ3v) is 4.48. The number of nitrogens with one attached hydrogen (secondary N) is 1. The van der Waals surface area contributed by atoms with Gasteiger partial charge in [-0.3, -0.25) is 0 Å². The number of nitrogens with zero attached hydrogens (tertiary/aromatic N) is 2. The van der Waals surface area contributed by atoms with Crippen LogP contribution in [0, 0.1) is 0 Å². The monoisotopic (exact) mass is 352 g/mol. The highest BCUT2D eigenvalue weighted by Gasteiger charge is 2.14. The number of nitrogen functional groups attached to an aromatic ring is 1. The number of hydrogen-bond donors (Lipinski definition) is 2. The van der Waals surface area contributed by atoms with E-state index in [1.54, 1.807) is 6.20 Å². The summed E-state index contributed by atoms with van der Waals surface area (Å²) in [6.07, 6.45) is 2.71. The van der Waals surface area contributed by atoms with Crippen LogP contribution >= 0.6 is 11.6 Å².